The molecule has 0 aliphatic carbocycles. The molecule has 1 fully saturated rings. The standard InChI is InChI=1S/C20H16ClF6NO2/c21-15-8-5-12(10-14(15)20(25,26)27)17(28-9-1-2-16(28)18(29)30)11-3-6-13(7-4-11)19(22,23)24/h3-8,10,16-17H,1-2,9H2,(H,29,30). The highest BCUT2D eigenvalue weighted by Gasteiger charge is 2.39. The van der Waals surface area contributed by atoms with Gasteiger partial charge >= 0.3 is 18.3 Å². The molecule has 0 spiro atoms. The smallest absolute Gasteiger partial charge is 0.417 e. The van der Waals surface area contributed by atoms with Gasteiger partial charge in [-0.25, -0.2) is 0 Å². The fourth-order valence-electron chi connectivity index (χ4n) is 3.72. The second kappa shape index (κ2) is 8.11. The lowest BCUT2D eigenvalue weighted by Crippen LogP contribution is -2.39. The van der Waals surface area contributed by atoms with E-state index in [1.165, 1.54) is 11.0 Å². The molecule has 162 valence electrons. The van der Waals surface area contributed by atoms with Crippen LogP contribution in [0.25, 0.3) is 0 Å². The molecule has 2 unspecified atom stereocenters. The van der Waals surface area contributed by atoms with Crippen LogP contribution in [0.15, 0.2) is 42.5 Å². The van der Waals surface area contributed by atoms with Crippen molar-refractivity contribution in [3.8, 4) is 0 Å². The van der Waals surface area contributed by atoms with Crippen LogP contribution in [0, 0.1) is 0 Å². The highest BCUT2D eigenvalue weighted by molar-refractivity contribution is 6.31. The van der Waals surface area contributed by atoms with Gasteiger partial charge in [-0.05, 0) is 48.2 Å². The summed E-state index contributed by atoms with van der Waals surface area (Å²) in [7, 11) is 0. The van der Waals surface area contributed by atoms with Crippen molar-refractivity contribution in [1.29, 1.82) is 0 Å². The van der Waals surface area contributed by atoms with Crippen LogP contribution in [0.5, 0.6) is 0 Å². The first kappa shape index (κ1) is 22.4. The van der Waals surface area contributed by atoms with Gasteiger partial charge in [-0.1, -0.05) is 29.8 Å². The topological polar surface area (TPSA) is 40.5 Å². The minimum absolute atomic E-state index is 0.0969. The maximum Gasteiger partial charge on any atom is 0.417 e. The van der Waals surface area contributed by atoms with Gasteiger partial charge in [0.25, 0.3) is 0 Å². The van der Waals surface area contributed by atoms with E-state index < -0.39 is 46.6 Å². The Morgan fingerprint density at radius 3 is 2.13 bits per heavy atom. The summed E-state index contributed by atoms with van der Waals surface area (Å²) in [6, 6.07) is 5.24. The summed E-state index contributed by atoms with van der Waals surface area (Å²) in [5, 5.41) is 8.99. The lowest BCUT2D eigenvalue weighted by Gasteiger charge is -2.32. The molecule has 1 saturated heterocycles. The third-order valence-electron chi connectivity index (χ3n) is 5.08. The number of halogens is 7. The van der Waals surface area contributed by atoms with Gasteiger partial charge in [0.1, 0.15) is 6.04 Å². The Bertz CT molecular complexity index is 926. The fraction of sp³-hybridized carbons (Fsp3) is 0.350. The molecule has 0 radical (unpaired) electrons. The Hall–Kier alpha value is -2.26. The van der Waals surface area contributed by atoms with Crippen molar-refractivity contribution in [1.82, 2.24) is 4.90 Å². The average molecular weight is 452 g/mol. The number of carbonyl (C=O) groups is 1. The fourth-order valence-corrected chi connectivity index (χ4v) is 3.95. The molecule has 1 heterocycles. The van der Waals surface area contributed by atoms with E-state index in [-0.39, 0.29) is 24.1 Å². The molecule has 0 amide bonds. The molecule has 2 atom stereocenters. The molecule has 0 bridgehead atoms. The first-order chi connectivity index (χ1) is 13.9. The summed E-state index contributed by atoms with van der Waals surface area (Å²) in [5.74, 6) is -1.14. The average Bonchev–Trinajstić information content (AvgIpc) is 3.11. The van der Waals surface area contributed by atoms with Crippen LogP contribution in [0.4, 0.5) is 26.3 Å². The second-order valence-corrected chi connectivity index (χ2v) is 7.40. The van der Waals surface area contributed by atoms with E-state index in [4.69, 9.17) is 11.6 Å². The van der Waals surface area contributed by atoms with Gasteiger partial charge in [0.15, 0.2) is 0 Å². The molecule has 30 heavy (non-hydrogen) atoms. The molecule has 3 nitrogen and oxygen atoms in total. The predicted octanol–water partition coefficient (Wildman–Crippen LogP) is 6.02. The van der Waals surface area contributed by atoms with Gasteiger partial charge < -0.3 is 5.11 Å². The maximum atomic E-state index is 13.3. The van der Waals surface area contributed by atoms with Crippen molar-refractivity contribution in [2.24, 2.45) is 0 Å². The molecular weight excluding hydrogens is 436 g/mol. The Kier molecular flexibility index (Phi) is 6.06. The Morgan fingerprint density at radius 2 is 1.60 bits per heavy atom. The monoisotopic (exact) mass is 451 g/mol. The van der Waals surface area contributed by atoms with Crippen LogP contribution in [0.1, 0.15) is 41.1 Å². The third-order valence-corrected chi connectivity index (χ3v) is 5.41. The predicted molar refractivity (Wildman–Crippen MR) is 97.1 cm³/mol. The number of aliphatic carboxylic acids is 1. The third kappa shape index (κ3) is 4.57. The Morgan fingerprint density at radius 1 is 1.00 bits per heavy atom. The van der Waals surface area contributed by atoms with E-state index >= 15 is 0 Å². The minimum atomic E-state index is -4.74. The van der Waals surface area contributed by atoms with E-state index in [9.17, 15) is 36.2 Å². The van der Waals surface area contributed by atoms with E-state index in [0.717, 1.165) is 36.4 Å². The Labute approximate surface area is 172 Å². The molecule has 3 rings (SSSR count). The van der Waals surface area contributed by atoms with E-state index in [1.807, 2.05) is 0 Å². The molecule has 1 N–H and O–H groups in total. The summed E-state index contributed by atoms with van der Waals surface area (Å²) >= 11 is 5.69. The van der Waals surface area contributed by atoms with Gasteiger partial charge in [-0.2, -0.15) is 26.3 Å². The van der Waals surface area contributed by atoms with Crippen LogP contribution in [0.2, 0.25) is 5.02 Å². The van der Waals surface area contributed by atoms with E-state index in [1.54, 1.807) is 0 Å². The number of hydrogen-bond acceptors (Lipinski definition) is 2. The number of rotatable bonds is 4. The molecule has 1 aliphatic heterocycles. The SMILES string of the molecule is O=C(O)C1CCCN1C(c1ccc(C(F)(F)F)cc1)c1ccc(Cl)c(C(F)(F)F)c1. The minimum Gasteiger partial charge on any atom is -0.480 e. The first-order valence-electron chi connectivity index (χ1n) is 8.92. The summed E-state index contributed by atoms with van der Waals surface area (Å²) < 4.78 is 78.8. The van der Waals surface area contributed by atoms with Crippen molar-refractivity contribution in [2.75, 3.05) is 6.54 Å². The van der Waals surface area contributed by atoms with Crippen molar-refractivity contribution in [3.63, 3.8) is 0 Å². The van der Waals surface area contributed by atoms with Crippen LogP contribution in [-0.4, -0.2) is 28.6 Å². The normalized spacial score (nSPS) is 19.1. The molecular formula is C20H16ClF6NO2. The molecule has 2 aromatic carbocycles. The summed E-state index contributed by atoms with van der Waals surface area (Å²) in [4.78, 5) is 13.1. The van der Waals surface area contributed by atoms with Crippen molar-refractivity contribution < 1.29 is 36.2 Å². The first-order valence-corrected chi connectivity index (χ1v) is 9.29. The lowest BCUT2D eigenvalue weighted by atomic mass is 9.94. The van der Waals surface area contributed by atoms with Crippen LogP contribution >= 0.6 is 11.6 Å². The maximum absolute atomic E-state index is 13.3. The summed E-state index contributed by atoms with van der Waals surface area (Å²) in [5.41, 5.74) is -1.65. The number of hydrogen-bond donors (Lipinski definition) is 1. The number of benzene rings is 2. The highest BCUT2D eigenvalue weighted by atomic mass is 35.5. The van der Waals surface area contributed by atoms with Gasteiger partial charge in [-0.3, -0.25) is 9.69 Å². The second-order valence-electron chi connectivity index (χ2n) is 6.99. The van der Waals surface area contributed by atoms with Crippen molar-refractivity contribution in [2.45, 2.75) is 37.3 Å². The number of carboxylic acids is 1. The quantitative estimate of drug-likeness (QED) is 0.578. The van der Waals surface area contributed by atoms with Crippen molar-refractivity contribution >= 4 is 17.6 Å². The number of alkyl halides is 6. The van der Waals surface area contributed by atoms with Gasteiger partial charge in [0.05, 0.1) is 22.2 Å². The van der Waals surface area contributed by atoms with Gasteiger partial charge in [0, 0.05) is 6.54 Å². The zero-order chi connectivity index (χ0) is 22.3. The zero-order valence-corrected chi connectivity index (χ0v) is 16.0. The summed E-state index contributed by atoms with van der Waals surface area (Å²) in [6.45, 7) is 0.270. The molecule has 2 aromatic rings. The highest BCUT2D eigenvalue weighted by Crippen LogP contribution is 2.41. The van der Waals surface area contributed by atoms with E-state index in [0.29, 0.717) is 6.42 Å². The van der Waals surface area contributed by atoms with E-state index in [2.05, 4.69) is 0 Å². The number of carboxylic acid groups (broad SMARTS) is 1. The zero-order valence-electron chi connectivity index (χ0n) is 15.3. The van der Waals surface area contributed by atoms with Crippen LogP contribution in [0.3, 0.4) is 0 Å². The van der Waals surface area contributed by atoms with Gasteiger partial charge in [-0.15, -0.1) is 0 Å². The largest absolute Gasteiger partial charge is 0.480 e. The number of likely N-dealkylation sites (tertiary alicyclic amines) is 1. The number of nitrogens with zero attached hydrogens (tertiary/aromatic N) is 1. The molecule has 0 aromatic heterocycles. The molecule has 1 aliphatic rings. The molecule has 10 heteroatoms. The molecule has 0 saturated carbocycles. The van der Waals surface area contributed by atoms with Crippen molar-refractivity contribution in [3.05, 3.63) is 69.7 Å². The summed E-state index contributed by atoms with van der Waals surface area (Å²) in [6.07, 6.45) is -8.54. The Balaban J connectivity index is 2.13. The lowest BCUT2D eigenvalue weighted by molar-refractivity contribution is -0.143. The van der Waals surface area contributed by atoms with Gasteiger partial charge in [0.2, 0.25) is 0 Å². The van der Waals surface area contributed by atoms with Crippen LogP contribution < -0.4 is 0 Å². The van der Waals surface area contributed by atoms with Crippen LogP contribution in [-0.2, 0) is 17.1 Å².